The quantitative estimate of drug-likeness (QED) is 0.230. The number of imide groups is 2. The number of hydrogen-bond acceptors (Lipinski definition) is 7. The monoisotopic (exact) mass is 532 g/mol. The van der Waals surface area contributed by atoms with Crippen molar-refractivity contribution in [3.8, 4) is 23.1 Å². The zero-order valence-electron chi connectivity index (χ0n) is 21.5. The van der Waals surface area contributed by atoms with Gasteiger partial charge in [0.1, 0.15) is 6.04 Å². The molecule has 6 rings (SSSR count). The maximum absolute atomic E-state index is 13.0. The van der Waals surface area contributed by atoms with Crippen LogP contribution in [-0.4, -0.2) is 54.3 Å². The number of unbranched alkanes of at least 4 members (excludes halogenated alkanes) is 2. The molecule has 1 atom stereocenters. The molecular weight excluding hydrogens is 508 g/mol. The van der Waals surface area contributed by atoms with Crippen molar-refractivity contribution in [3.05, 3.63) is 77.7 Å². The largest absolute Gasteiger partial charge is 0.295 e. The summed E-state index contributed by atoms with van der Waals surface area (Å²) in [7, 11) is 0. The lowest BCUT2D eigenvalue weighted by Crippen LogP contribution is -2.54. The van der Waals surface area contributed by atoms with E-state index in [1.165, 1.54) is 0 Å². The average Bonchev–Trinajstić information content (AvgIpc) is 3.53. The van der Waals surface area contributed by atoms with E-state index >= 15 is 0 Å². The molecular formula is C30H24N6O4. The number of para-hydroxylation sites is 2. The van der Waals surface area contributed by atoms with Crippen LogP contribution in [0.4, 0.5) is 0 Å². The van der Waals surface area contributed by atoms with Crippen molar-refractivity contribution in [1.29, 1.82) is 0 Å². The number of benzene rings is 2. The molecule has 198 valence electrons. The van der Waals surface area contributed by atoms with Crippen LogP contribution < -0.4 is 5.32 Å². The first-order valence-electron chi connectivity index (χ1n) is 13.1. The molecule has 4 amide bonds. The summed E-state index contributed by atoms with van der Waals surface area (Å²) in [4.78, 5) is 59.5. The Morgan fingerprint density at radius 1 is 0.950 bits per heavy atom. The normalized spacial score (nSPS) is 16.6. The molecule has 1 saturated heterocycles. The molecule has 1 N–H and O–H groups in total. The third-order valence-corrected chi connectivity index (χ3v) is 6.99. The number of piperidine rings is 1. The first kappa shape index (κ1) is 25.1. The SMILES string of the molecule is O=C1CCC(N2C(=O)c3ccc(C#CCCCCn4cc(-c5cnc6ccccc6n5)cn4)cc3C2=O)C(=O)N1. The molecule has 2 aliphatic heterocycles. The molecule has 0 spiro atoms. The summed E-state index contributed by atoms with van der Waals surface area (Å²) in [5, 5.41) is 6.64. The fourth-order valence-electron chi connectivity index (χ4n) is 4.91. The summed E-state index contributed by atoms with van der Waals surface area (Å²) < 4.78 is 1.89. The van der Waals surface area contributed by atoms with Crippen LogP contribution in [0.25, 0.3) is 22.3 Å². The Hall–Kier alpha value is -5.17. The summed E-state index contributed by atoms with van der Waals surface area (Å²) in [6.45, 7) is 0.744. The van der Waals surface area contributed by atoms with Gasteiger partial charge in [0.25, 0.3) is 11.8 Å². The second kappa shape index (κ2) is 10.5. The van der Waals surface area contributed by atoms with Crippen LogP contribution in [0.15, 0.2) is 61.1 Å². The molecule has 1 fully saturated rings. The Bertz CT molecular complexity index is 1750. The fourth-order valence-corrected chi connectivity index (χ4v) is 4.91. The van der Waals surface area contributed by atoms with Crippen molar-refractivity contribution in [2.24, 2.45) is 0 Å². The molecule has 0 bridgehead atoms. The minimum Gasteiger partial charge on any atom is -0.295 e. The van der Waals surface area contributed by atoms with E-state index in [0.29, 0.717) is 12.0 Å². The van der Waals surface area contributed by atoms with Crippen molar-refractivity contribution >= 4 is 34.7 Å². The topological polar surface area (TPSA) is 127 Å². The predicted octanol–water partition coefficient (Wildman–Crippen LogP) is 3.12. The number of carbonyl (C=O) groups excluding carboxylic acids is 4. The van der Waals surface area contributed by atoms with Gasteiger partial charge in [-0.3, -0.25) is 39.1 Å². The van der Waals surface area contributed by atoms with Gasteiger partial charge in [-0.15, -0.1) is 0 Å². The number of aromatic nitrogens is 4. The van der Waals surface area contributed by atoms with Crippen LogP contribution in [0.1, 0.15) is 58.4 Å². The van der Waals surface area contributed by atoms with Crippen LogP contribution in [0, 0.1) is 11.8 Å². The van der Waals surface area contributed by atoms with Crippen molar-refractivity contribution < 1.29 is 19.2 Å². The average molecular weight is 533 g/mol. The highest BCUT2D eigenvalue weighted by atomic mass is 16.2. The highest BCUT2D eigenvalue weighted by molar-refractivity contribution is 6.23. The third-order valence-electron chi connectivity index (χ3n) is 6.99. The Morgan fingerprint density at radius 2 is 1.77 bits per heavy atom. The second-order valence-electron chi connectivity index (χ2n) is 9.70. The molecule has 2 aromatic heterocycles. The van der Waals surface area contributed by atoms with Crippen molar-refractivity contribution in [2.75, 3.05) is 0 Å². The van der Waals surface area contributed by atoms with Crippen molar-refractivity contribution in [2.45, 2.75) is 44.7 Å². The highest BCUT2D eigenvalue weighted by Crippen LogP contribution is 2.28. The van der Waals surface area contributed by atoms with Gasteiger partial charge >= 0.3 is 0 Å². The zero-order chi connectivity index (χ0) is 27.6. The minimum atomic E-state index is -0.981. The molecule has 10 heteroatoms. The van der Waals surface area contributed by atoms with Gasteiger partial charge < -0.3 is 0 Å². The molecule has 2 aromatic carbocycles. The Morgan fingerprint density at radius 3 is 2.62 bits per heavy atom. The number of nitrogens with one attached hydrogen (secondary N) is 1. The Labute approximate surface area is 229 Å². The van der Waals surface area contributed by atoms with Gasteiger partial charge in [0.2, 0.25) is 11.8 Å². The maximum atomic E-state index is 13.0. The molecule has 2 aliphatic rings. The van der Waals surface area contributed by atoms with E-state index in [9.17, 15) is 19.2 Å². The van der Waals surface area contributed by atoms with Gasteiger partial charge in [-0.2, -0.15) is 5.10 Å². The Kier molecular flexibility index (Phi) is 6.62. The summed E-state index contributed by atoms with van der Waals surface area (Å²) in [5.74, 6) is 4.11. The number of nitrogens with zero attached hydrogens (tertiary/aromatic N) is 5. The van der Waals surface area contributed by atoms with E-state index < -0.39 is 29.7 Å². The van der Waals surface area contributed by atoms with Crippen LogP contribution in [0.2, 0.25) is 0 Å². The lowest BCUT2D eigenvalue weighted by molar-refractivity contribution is -0.136. The van der Waals surface area contributed by atoms with Crippen LogP contribution in [0.3, 0.4) is 0 Å². The molecule has 4 heterocycles. The first-order valence-corrected chi connectivity index (χ1v) is 13.1. The standard InChI is InChI=1S/C30H24N6O4/c37-27-13-12-26(28(38)34-27)36-29(39)21-11-10-19(15-22(21)30(36)40)7-3-1-2-6-14-35-18-20(16-32-35)25-17-31-23-8-4-5-9-24(23)33-25/h4-5,8-11,15-18,26H,1-2,6,12-14H2,(H,34,37,38). The number of fused-ring (bicyclic) bond motifs is 2. The molecule has 0 radical (unpaired) electrons. The Balaban J connectivity index is 1.03. The van der Waals surface area contributed by atoms with E-state index in [1.54, 1.807) is 30.6 Å². The maximum Gasteiger partial charge on any atom is 0.262 e. The van der Waals surface area contributed by atoms with E-state index in [1.807, 2.05) is 35.1 Å². The fraction of sp³-hybridized carbons (Fsp3) is 0.233. The van der Waals surface area contributed by atoms with E-state index in [0.717, 1.165) is 46.6 Å². The van der Waals surface area contributed by atoms with E-state index in [2.05, 4.69) is 32.2 Å². The van der Waals surface area contributed by atoms with Crippen LogP contribution >= 0.6 is 0 Å². The molecule has 0 aliphatic carbocycles. The van der Waals surface area contributed by atoms with Gasteiger partial charge in [0.15, 0.2) is 0 Å². The smallest absolute Gasteiger partial charge is 0.262 e. The molecule has 10 nitrogen and oxygen atoms in total. The lowest BCUT2D eigenvalue weighted by atomic mass is 10.0. The number of carbonyl (C=O) groups is 4. The van der Waals surface area contributed by atoms with Gasteiger partial charge in [-0.05, 0) is 49.6 Å². The third kappa shape index (κ3) is 4.85. The summed E-state index contributed by atoms with van der Waals surface area (Å²) in [5.41, 5.74) is 4.49. The first-order chi connectivity index (χ1) is 19.5. The summed E-state index contributed by atoms with van der Waals surface area (Å²) in [6.07, 6.45) is 8.14. The number of aryl methyl sites for hydroxylation is 1. The van der Waals surface area contributed by atoms with Gasteiger partial charge in [-0.25, -0.2) is 4.98 Å². The van der Waals surface area contributed by atoms with Gasteiger partial charge in [0, 0.05) is 36.7 Å². The highest BCUT2D eigenvalue weighted by Gasteiger charge is 2.44. The van der Waals surface area contributed by atoms with Crippen molar-refractivity contribution in [3.63, 3.8) is 0 Å². The van der Waals surface area contributed by atoms with E-state index in [-0.39, 0.29) is 24.0 Å². The second-order valence-corrected chi connectivity index (χ2v) is 9.70. The van der Waals surface area contributed by atoms with Gasteiger partial charge in [-0.1, -0.05) is 24.0 Å². The van der Waals surface area contributed by atoms with Crippen LogP contribution in [-0.2, 0) is 16.1 Å². The summed E-state index contributed by atoms with van der Waals surface area (Å²) >= 11 is 0. The molecule has 0 saturated carbocycles. The zero-order valence-corrected chi connectivity index (χ0v) is 21.5. The number of hydrogen-bond donors (Lipinski definition) is 1. The lowest BCUT2D eigenvalue weighted by Gasteiger charge is -2.27. The molecule has 40 heavy (non-hydrogen) atoms. The molecule has 1 unspecified atom stereocenters. The van der Waals surface area contributed by atoms with Crippen LogP contribution in [0.5, 0.6) is 0 Å². The van der Waals surface area contributed by atoms with E-state index in [4.69, 9.17) is 0 Å². The minimum absolute atomic E-state index is 0.0846. The molecule has 4 aromatic rings. The van der Waals surface area contributed by atoms with Crippen molar-refractivity contribution in [1.82, 2.24) is 30.0 Å². The predicted molar refractivity (Wildman–Crippen MR) is 145 cm³/mol. The summed E-state index contributed by atoms with van der Waals surface area (Å²) in [6, 6.07) is 11.6. The van der Waals surface area contributed by atoms with Gasteiger partial charge in [0.05, 0.1) is 40.2 Å². The number of rotatable bonds is 6. The number of amides is 4.